The monoisotopic (exact) mass is 300 g/mol. The number of amides is 1. The molecule has 0 bridgehead atoms. The van der Waals surface area contributed by atoms with Gasteiger partial charge in [0.2, 0.25) is 0 Å². The molecule has 0 atom stereocenters. The molecule has 0 saturated heterocycles. The number of nitrogens with one attached hydrogen (secondary N) is 1. The Kier molecular flexibility index (Phi) is 4.22. The van der Waals surface area contributed by atoms with Gasteiger partial charge in [-0.25, -0.2) is 14.3 Å². The maximum Gasteiger partial charge on any atom is 0.361 e. The van der Waals surface area contributed by atoms with E-state index >= 15 is 0 Å². The van der Waals surface area contributed by atoms with Crippen molar-refractivity contribution in [1.29, 1.82) is 0 Å². The first-order valence-electron chi connectivity index (χ1n) is 4.30. The van der Waals surface area contributed by atoms with Gasteiger partial charge in [-0.3, -0.25) is 4.57 Å². The van der Waals surface area contributed by atoms with Crippen LogP contribution < -0.4 is 10.4 Å². The van der Waals surface area contributed by atoms with Gasteiger partial charge in [0.05, 0.1) is 0 Å². The Labute approximate surface area is 105 Å². The minimum absolute atomic E-state index is 0.305. The Balaban J connectivity index is 3.20. The highest BCUT2D eigenvalue weighted by Crippen LogP contribution is 2.08. The number of thioether (sulfide) groups is 1. The largest absolute Gasteiger partial charge is 0.361 e. The molecule has 1 heterocycles. The molecule has 0 fully saturated rings. The molecule has 0 unspecified atom stereocenters. The van der Waals surface area contributed by atoms with Crippen LogP contribution >= 0.6 is 22.4 Å². The number of hydrogen-bond donors (Lipinski definition) is 1. The van der Waals surface area contributed by atoms with E-state index in [-0.39, 0.29) is 0 Å². The first-order chi connectivity index (χ1) is 7.80. The molecule has 17 heavy (non-hydrogen) atoms. The highest BCUT2D eigenvalue weighted by atomic mass is 35.7. The lowest BCUT2D eigenvalue weighted by Gasteiger charge is -1.97. The lowest BCUT2D eigenvalue weighted by molar-refractivity contribution is 0.243. The second-order valence-electron chi connectivity index (χ2n) is 2.77. The zero-order valence-electron chi connectivity index (χ0n) is 8.88. The minimum atomic E-state index is -4.25. The molecule has 96 valence electrons. The summed E-state index contributed by atoms with van der Waals surface area (Å²) in [6.07, 6.45) is 1.68. The van der Waals surface area contributed by atoms with Crippen LogP contribution in [0.5, 0.6) is 0 Å². The molecule has 0 aliphatic carbocycles. The van der Waals surface area contributed by atoms with E-state index < -0.39 is 21.0 Å². The van der Waals surface area contributed by atoms with Crippen LogP contribution in [-0.2, 0) is 15.8 Å². The highest BCUT2D eigenvalue weighted by Gasteiger charge is 2.20. The van der Waals surface area contributed by atoms with E-state index in [1.165, 1.54) is 9.29 Å². The molecule has 0 spiro atoms. The molecule has 8 nitrogen and oxygen atoms in total. The Morgan fingerprint density at radius 3 is 2.53 bits per heavy atom. The van der Waals surface area contributed by atoms with Crippen molar-refractivity contribution in [2.75, 3.05) is 6.26 Å². The van der Waals surface area contributed by atoms with Crippen molar-refractivity contribution >= 4 is 37.7 Å². The molecule has 1 N–H and O–H groups in total. The zero-order valence-corrected chi connectivity index (χ0v) is 11.3. The van der Waals surface area contributed by atoms with E-state index in [2.05, 4.69) is 5.10 Å². The van der Waals surface area contributed by atoms with Crippen molar-refractivity contribution < 1.29 is 13.2 Å². The van der Waals surface area contributed by atoms with Crippen molar-refractivity contribution in [3.8, 4) is 0 Å². The predicted molar refractivity (Wildman–Crippen MR) is 62.6 cm³/mol. The maximum absolute atomic E-state index is 11.7. The summed E-state index contributed by atoms with van der Waals surface area (Å²) in [5, 5.41) is 3.98. The Bertz CT molecular complexity index is 590. The summed E-state index contributed by atoms with van der Waals surface area (Å²) < 4.78 is 24.4. The van der Waals surface area contributed by atoms with Gasteiger partial charge in [-0.15, -0.1) is 9.78 Å². The van der Waals surface area contributed by atoms with E-state index in [0.29, 0.717) is 16.4 Å². The van der Waals surface area contributed by atoms with Crippen molar-refractivity contribution in [3.05, 3.63) is 10.5 Å². The summed E-state index contributed by atoms with van der Waals surface area (Å²) in [7, 11) is 0.581. The molecule has 1 aromatic heterocycles. The second kappa shape index (κ2) is 5.10. The Morgan fingerprint density at radius 1 is 1.59 bits per heavy atom. The van der Waals surface area contributed by atoms with Crippen LogP contribution in [0.1, 0.15) is 6.92 Å². The van der Waals surface area contributed by atoms with Gasteiger partial charge >= 0.3 is 21.0 Å². The summed E-state index contributed by atoms with van der Waals surface area (Å²) >= 11 is 1.16. The van der Waals surface area contributed by atoms with Gasteiger partial charge in [-0.2, -0.15) is 8.42 Å². The van der Waals surface area contributed by atoms with Gasteiger partial charge in [-0.1, -0.05) is 11.8 Å². The van der Waals surface area contributed by atoms with Crippen LogP contribution in [0, 0.1) is 0 Å². The third-order valence-corrected chi connectivity index (χ3v) is 3.05. The van der Waals surface area contributed by atoms with Crippen molar-refractivity contribution in [2.45, 2.75) is 18.6 Å². The molecule has 0 saturated carbocycles. The predicted octanol–water partition coefficient (Wildman–Crippen LogP) is -0.172. The topological polar surface area (TPSA) is 103 Å². The molecule has 0 aliphatic rings. The van der Waals surface area contributed by atoms with Gasteiger partial charge < -0.3 is 0 Å². The van der Waals surface area contributed by atoms with Gasteiger partial charge in [0.1, 0.15) is 0 Å². The molecule has 0 radical (unpaired) electrons. The van der Waals surface area contributed by atoms with E-state index in [1.807, 2.05) is 0 Å². The standard InChI is InChI=1S/C6H9ClN4O4S2/c1-3-10-5(16-2)8-11(6(10)13)4(12)9-17(7,14)15/h3H2,1-2H3,(H,9,12). The highest BCUT2D eigenvalue weighted by molar-refractivity contribution is 8.12. The fourth-order valence-electron chi connectivity index (χ4n) is 1.08. The number of nitrogens with zero attached hydrogens (tertiary/aromatic N) is 3. The summed E-state index contributed by atoms with van der Waals surface area (Å²) in [6, 6.07) is -1.22. The zero-order chi connectivity index (χ0) is 13.2. The molecule has 1 aromatic rings. The third kappa shape index (κ3) is 3.23. The smallest absolute Gasteiger partial charge is 0.270 e. The van der Waals surface area contributed by atoms with Gasteiger partial charge in [-0.05, 0) is 13.2 Å². The Morgan fingerprint density at radius 2 is 2.18 bits per heavy atom. The minimum Gasteiger partial charge on any atom is -0.270 e. The molecule has 0 aromatic carbocycles. The lowest BCUT2D eigenvalue weighted by atomic mass is 10.7. The second-order valence-corrected chi connectivity index (χ2v) is 5.84. The summed E-state index contributed by atoms with van der Waals surface area (Å²) in [4.78, 5) is 23.0. The van der Waals surface area contributed by atoms with Crippen LogP contribution in [0.2, 0.25) is 0 Å². The van der Waals surface area contributed by atoms with E-state index in [9.17, 15) is 18.0 Å². The first kappa shape index (κ1) is 14.1. The number of hydrogen-bond acceptors (Lipinski definition) is 6. The average Bonchev–Trinajstić information content (AvgIpc) is 2.52. The van der Waals surface area contributed by atoms with Crippen molar-refractivity contribution in [1.82, 2.24) is 19.1 Å². The molecule has 1 amide bonds. The van der Waals surface area contributed by atoms with E-state index in [4.69, 9.17) is 10.7 Å². The number of carbonyl (C=O) groups excluding carboxylic acids is 1. The van der Waals surface area contributed by atoms with Crippen LogP contribution in [0.4, 0.5) is 4.79 Å². The van der Waals surface area contributed by atoms with E-state index in [0.717, 1.165) is 11.8 Å². The summed E-state index contributed by atoms with van der Waals surface area (Å²) in [5.41, 5.74) is -0.727. The lowest BCUT2D eigenvalue weighted by Crippen LogP contribution is -2.38. The van der Waals surface area contributed by atoms with Crippen LogP contribution in [0.15, 0.2) is 9.95 Å². The maximum atomic E-state index is 11.7. The summed E-state index contributed by atoms with van der Waals surface area (Å²) in [6.45, 7) is 2.01. The van der Waals surface area contributed by atoms with Crippen LogP contribution in [0.25, 0.3) is 0 Å². The van der Waals surface area contributed by atoms with Gasteiger partial charge in [0, 0.05) is 17.2 Å². The van der Waals surface area contributed by atoms with E-state index in [1.54, 1.807) is 13.2 Å². The summed E-state index contributed by atoms with van der Waals surface area (Å²) in [5.74, 6) is 0. The molecular weight excluding hydrogens is 292 g/mol. The van der Waals surface area contributed by atoms with Crippen molar-refractivity contribution in [2.24, 2.45) is 0 Å². The average molecular weight is 301 g/mol. The Hall–Kier alpha value is -1.00. The van der Waals surface area contributed by atoms with Gasteiger partial charge in [0.15, 0.2) is 5.16 Å². The van der Waals surface area contributed by atoms with Gasteiger partial charge in [0.25, 0.3) is 0 Å². The molecule has 11 heteroatoms. The first-order valence-corrected chi connectivity index (χ1v) is 7.84. The van der Waals surface area contributed by atoms with Crippen LogP contribution in [0.3, 0.4) is 0 Å². The van der Waals surface area contributed by atoms with Crippen LogP contribution in [-0.4, -0.2) is 35.1 Å². The molecular formula is C6H9ClN4O4S2. The number of carbonyl (C=O) groups is 1. The SMILES string of the molecule is CCn1c(SC)nn(C(=O)NS(=O)(=O)Cl)c1=O. The fraction of sp³-hybridized carbons (Fsp3) is 0.500. The fourth-order valence-corrected chi connectivity index (χ4v) is 2.16. The quantitative estimate of drug-likeness (QED) is 0.614. The van der Waals surface area contributed by atoms with Crippen molar-refractivity contribution in [3.63, 3.8) is 0 Å². The molecule has 1 rings (SSSR count). The third-order valence-electron chi connectivity index (χ3n) is 1.73. The number of rotatable bonds is 3. The number of aromatic nitrogens is 3. The molecule has 0 aliphatic heterocycles. The number of halogens is 1. The normalized spacial score (nSPS) is 11.5.